The Morgan fingerprint density at radius 3 is 2.29 bits per heavy atom. The van der Waals surface area contributed by atoms with E-state index in [0.29, 0.717) is 24.0 Å². The average Bonchev–Trinajstić information content (AvgIpc) is 2.87. The van der Waals surface area contributed by atoms with Gasteiger partial charge >= 0.3 is 5.97 Å². The van der Waals surface area contributed by atoms with Crippen LogP contribution in [0.25, 0.3) is 0 Å². The van der Waals surface area contributed by atoms with Crippen LogP contribution in [0.15, 0.2) is 71.1 Å². The largest absolute Gasteiger partial charge is 0.497 e. The minimum absolute atomic E-state index is 0.0733. The van der Waals surface area contributed by atoms with Crippen molar-refractivity contribution in [1.82, 2.24) is 5.32 Å². The molecule has 4 rings (SSSR count). The molecule has 1 N–H and O–H groups in total. The third-order valence-corrected chi connectivity index (χ3v) is 7.24. The van der Waals surface area contributed by atoms with Gasteiger partial charge in [-0.25, -0.2) is 4.79 Å². The van der Waals surface area contributed by atoms with Gasteiger partial charge in [0, 0.05) is 29.3 Å². The standard InChI is InChI=1S/C30H35NO4/c1-6-18(3)35-30(33)27-19(4)31-25-16-23(21-12-14-24(34-5)15-13-21)17-26(32)29(25)28(27)22-10-8-20(7-2)9-11-22/h8-15,18,23,28,31H,6-7,16-17H2,1-5H3/t18-,23-,28-/m1/s1. The SMILES string of the molecule is CCc1ccc([C@@H]2C(C(=O)O[C@H](C)CC)=C(C)NC3=C2C(=O)C[C@H](c2ccc(OC)cc2)C3)cc1. The first kappa shape index (κ1) is 24.8. The molecule has 1 aliphatic carbocycles. The number of aryl methyl sites for hydroxylation is 1. The number of benzene rings is 2. The first-order valence-corrected chi connectivity index (χ1v) is 12.5. The minimum atomic E-state index is -0.432. The summed E-state index contributed by atoms with van der Waals surface area (Å²) in [5.41, 5.74) is 6.16. The van der Waals surface area contributed by atoms with E-state index >= 15 is 0 Å². The number of rotatable bonds is 7. The molecule has 3 atom stereocenters. The van der Waals surface area contributed by atoms with Crippen LogP contribution < -0.4 is 10.1 Å². The Balaban J connectivity index is 1.75. The average molecular weight is 474 g/mol. The fourth-order valence-corrected chi connectivity index (χ4v) is 5.03. The van der Waals surface area contributed by atoms with Gasteiger partial charge in [-0.2, -0.15) is 0 Å². The molecule has 0 saturated carbocycles. The highest BCUT2D eigenvalue weighted by Gasteiger charge is 2.41. The summed E-state index contributed by atoms with van der Waals surface area (Å²) >= 11 is 0. The monoisotopic (exact) mass is 473 g/mol. The molecule has 1 aliphatic heterocycles. The molecule has 2 aromatic rings. The van der Waals surface area contributed by atoms with Crippen molar-refractivity contribution in [3.8, 4) is 5.75 Å². The van der Waals surface area contributed by atoms with Gasteiger partial charge in [-0.05, 0) is 67.9 Å². The lowest BCUT2D eigenvalue weighted by Gasteiger charge is -2.37. The second-order valence-corrected chi connectivity index (χ2v) is 9.51. The molecule has 0 aromatic heterocycles. The predicted molar refractivity (Wildman–Crippen MR) is 137 cm³/mol. The molecule has 0 radical (unpaired) electrons. The van der Waals surface area contributed by atoms with Crippen molar-refractivity contribution in [3.05, 3.63) is 87.8 Å². The molecule has 0 unspecified atom stereocenters. The number of ketones is 1. The zero-order chi connectivity index (χ0) is 25.1. The molecule has 2 aromatic carbocycles. The smallest absolute Gasteiger partial charge is 0.337 e. The Hall–Kier alpha value is -3.34. The number of carbonyl (C=O) groups excluding carboxylic acids is 2. The number of nitrogens with one attached hydrogen (secondary N) is 1. The van der Waals surface area contributed by atoms with E-state index in [2.05, 4.69) is 24.4 Å². The lowest BCUT2D eigenvalue weighted by Crippen LogP contribution is -2.36. The Morgan fingerprint density at radius 1 is 1.03 bits per heavy atom. The highest BCUT2D eigenvalue weighted by molar-refractivity contribution is 6.04. The van der Waals surface area contributed by atoms with E-state index in [4.69, 9.17) is 9.47 Å². The molecule has 5 heteroatoms. The summed E-state index contributed by atoms with van der Waals surface area (Å²) in [7, 11) is 1.65. The van der Waals surface area contributed by atoms with Crippen LogP contribution in [0.5, 0.6) is 5.75 Å². The van der Waals surface area contributed by atoms with E-state index in [1.807, 2.05) is 57.2 Å². The van der Waals surface area contributed by atoms with Crippen molar-refractivity contribution in [2.24, 2.45) is 0 Å². The third-order valence-electron chi connectivity index (χ3n) is 7.24. The van der Waals surface area contributed by atoms with Crippen LogP contribution in [0.4, 0.5) is 0 Å². The molecular formula is C30H35NO4. The van der Waals surface area contributed by atoms with E-state index in [1.54, 1.807) is 7.11 Å². The number of Topliss-reactive ketones (excluding diaryl/α,β-unsaturated/α-hetero) is 1. The van der Waals surface area contributed by atoms with Gasteiger partial charge in [0.05, 0.1) is 18.8 Å². The second-order valence-electron chi connectivity index (χ2n) is 9.51. The Labute approximate surface area is 208 Å². The number of hydrogen-bond acceptors (Lipinski definition) is 5. The van der Waals surface area contributed by atoms with Crippen molar-refractivity contribution in [1.29, 1.82) is 0 Å². The summed E-state index contributed by atoms with van der Waals surface area (Å²) in [4.78, 5) is 27.0. The summed E-state index contributed by atoms with van der Waals surface area (Å²) in [5, 5.41) is 3.43. The number of hydrogen-bond donors (Lipinski definition) is 1. The molecule has 35 heavy (non-hydrogen) atoms. The first-order valence-electron chi connectivity index (χ1n) is 12.5. The van der Waals surface area contributed by atoms with E-state index in [1.165, 1.54) is 5.56 Å². The van der Waals surface area contributed by atoms with Crippen LogP contribution in [0.3, 0.4) is 0 Å². The fraction of sp³-hybridized carbons (Fsp3) is 0.400. The molecule has 184 valence electrons. The number of allylic oxidation sites excluding steroid dienone is 3. The van der Waals surface area contributed by atoms with Crippen molar-refractivity contribution in [2.45, 2.75) is 71.3 Å². The maximum atomic E-state index is 13.7. The van der Waals surface area contributed by atoms with Gasteiger partial charge in [0.15, 0.2) is 5.78 Å². The van der Waals surface area contributed by atoms with Crippen molar-refractivity contribution < 1.29 is 19.1 Å². The normalized spacial score (nSPS) is 20.8. The summed E-state index contributed by atoms with van der Waals surface area (Å²) < 4.78 is 11.0. The molecular weight excluding hydrogens is 438 g/mol. The van der Waals surface area contributed by atoms with Crippen LogP contribution in [0, 0.1) is 0 Å². The van der Waals surface area contributed by atoms with Crippen molar-refractivity contribution >= 4 is 11.8 Å². The van der Waals surface area contributed by atoms with Gasteiger partial charge in [0.25, 0.3) is 0 Å². The van der Waals surface area contributed by atoms with Gasteiger partial charge in [-0.1, -0.05) is 50.2 Å². The molecule has 1 heterocycles. The highest BCUT2D eigenvalue weighted by Crippen LogP contribution is 2.46. The van der Waals surface area contributed by atoms with Gasteiger partial charge in [0.1, 0.15) is 5.75 Å². The second kappa shape index (κ2) is 10.5. The lowest BCUT2D eigenvalue weighted by atomic mass is 9.71. The zero-order valence-corrected chi connectivity index (χ0v) is 21.3. The van der Waals surface area contributed by atoms with Crippen molar-refractivity contribution in [3.63, 3.8) is 0 Å². The van der Waals surface area contributed by atoms with Gasteiger partial charge < -0.3 is 14.8 Å². The molecule has 5 nitrogen and oxygen atoms in total. The zero-order valence-electron chi connectivity index (χ0n) is 21.3. The molecule has 0 fully saturated rings. The van der Waals surface area contributed by atoms with Crippen LogP contribution in [0.1, 0.15) is 75.5 Å². The molecule has 0 saturated heterocycles. The fourth-order valence-electron chi connectivity index (χ4n) is 5.03. The van der Waals surface area contributed by atoms with Crippen molar-refractivity contribution in [2.75, 3.05) is 7.11 Å². The number of ether oxygens (including phenoxy) is 2. The topological polar surface area (TPSA) is 64.6 Å². The maximum absolute atomic E-state index is 13.7. The van der Waals surface area contributed by atoms with Crippen LogP contribution in [-0.4, -0.2) is 25.0 Å². The summed E-state index contributed by atoms with van der Waals surface area (Å²) in [5.74, 6) is 0.156. The van der Waals surface area contributed by atoms with Gasteiger partial charge in [-0.3, -0.25) is 4.79 Å². The van der Waals surface area contributed by atoms with E-state index in [-0.39, 0.29) is 23.8 Å². The molecule has 0 spiro atoms. The van der Waals surface area contributed by atoms with Gasteiger partial charge in [-0.15, -0.1) is 0 Å². The first-order chi connectivity index (χ1) is 16.9. The summed E-state index contributed by atoms with van der Waals surface area (Å²) in [6, 6.07) is 16.2. The Kier molecular flexibility index (Phi) is 7.44. The van der Waals surface area contributed by atoms with E-state index in [9.17, 15) is 9.59 Å². The number of esters is 1. The van der Waals surface area contributed by atoms with Crippen LogP contribution in [-0.2, 0) is 20.7 Å². The maximum Gasteiger partial charge on any atom is 0.337 e. The summed E-state index contributed by atoms with van der Waals surface area (Å²) in [6.45, 7) is 7.91. The van der Waals surface area contributed by atoms with Crippen LogP contribution in [0.2, 0.25) is 0 Å². The number of carbonyl (C=O) groups is 2. The van der Waals surface area contributed by atoms with E-state index < -0.39 is 5.92 Å². The number of methoxy groups -OCH3 is 1. The van der Waals surface area contributed by atoms with Crippen LogP contribution >= 0.6 is 0 Å². The highest BCUT2D eigenvalue weighted by atomic mass is 16.5. The molecule has 0 bridgehead atoms. The Morgan fingerprint density at radius 2 is 1.69 bits per heavy atom. The molecule has 2 aliphatic rings. The van der Waals surface area contributed by atoms with E-state index in [0.717, 1.165) is 41.1 Å². The quantitative estimate of drug-likeness (QED) is 0.503. The lowest BCUT2D eigenvalue weighted by molar-refractivity contribution is -0.144. The minimum Gasteiger partial charge on any atom is -0.497 e. The number of dihydropyridines is 1. The Bertz CT molecular complexity index is 1160. The third kappa shape index (κ3) is 5.04. The predicted octanol–water partition coefficient (Wildman–Crippen LogP) is 5.96. The summed E-state index contributed by atoms with van der Waals surface area (Å²) in [6.07, 6.45) is 2.59. The molecule has 0 amide bonds. The van der Waals surface area contributed by atoms with Gasteiger partial charge in [0.2, 0.25) is 0 Å².